The molecule has 7 heteroatoms. The van der Waals surface area contributed by atoms with Crippen molar-refractivity contribution < 1.29 is 8.78 Å². The molecule has 0 saturated heterocycles. The van der Waals surface area contributed by atoms with Gasteiger partial charge in [0.15, 0.2) is 0 Å². The average Bonchev–Trinajstić information content (AvgIpc) is 2.75. The van der Waals surface area contributed by atoms with Crippen LogP contribution in [-0.4, -0.2) is 9.78 Å². The maximum atomic E-state index is 14.0. The highest BCUT2D eigenvalue weighted by Gasteiger charge is 2.23. The maximum absolute atomic E-state index is 14.0. The van der Waals surface area contributed by atoms with Gasteiger partial charge in [-0.3, -0.25) is 4.68 Å². The molecule has 0 aliphatic heterocycles. The van der Waals surface area contributed by atoms with E-state index in [1.165, 1.54) is 0 Å². The van der Waals surface area contributed by atoms with Gasteiger partial charge in [-0.05, 0) is 41.9 Å². The van der Waals surface area contributed by atoms with Crippen molar-refractivity contribution in [1.82, 2.24) is 9.78 Å². The highest BCUT2D eigenvalue weighted by atomic mass is 79.9. The fourth-order valence-corrected chi connectivity index (χ4v) is 2.65. The Hall–Kier alpha value is -0.980. The lowest BCUT2D eigenvalue weighted by molar-refractivity contribution is 0.491. The van der Waals surface area contributed by atoms with Crippen LogP contribution in [0.4, 0.5) is 8.78 Å². The summed E-state index contributed by atoms with van der Waals surface area (Å²) in [5.74, 6) is -1.35. The van der Waals surface area contributed by atoms with Crippen LogP contribution in [0.2, 0.25) is 5.02 Å². The van der Waals surface area contributed by atoms with Gasteiger partial charge in [-0.2, -0.15) is 5.10 Å². The van der Waals surface area contributed by atoms with E-state index in [0.29, 0.717) is 10.2 Å². The highest BCUT2D eigenvalue weighted by Crippen LogP contribution is 2.31. The quantitative estimate of drug-likeness (QED) is 0.829. The molecule has 1 aromatic carbocycles. The van der Waals surface area contributed by atoms with Crippen molar-refractivity contribution in [1.29, 1.82) is 0 Å². The molecule has 0 saturated carbocycles. The predicted octanol–water partition coefficient (Wildman–Crippen LogP) is 4.21. The number of nitrogens with zero attached hydrogens (tertiary/aromatic N) is 2. The fraction of sp³-hybridized carbons (Fsp3) is 0.308. The van der Waals surface area contributed by atoms with Crippen LogP contribution in [0.3, 0.4) is 0 Å². The van der Waals surface area contributed by atoms with E-state index >= 15 is 0 Å². The van der Waals surface area contributed by atoms with Crippen molar-refractivity contribution in [3.05, 3.63) is 50.7 Å². The molecule has 0 aliphatic rings. The molecule has 3 nitrogen and oxygen atoms in total. The van der Waals surface area contributed by atoms with Crippen LogP contribution >= 0.6 is 27.5 Å². The summed E-state index contributed by atoms with van der Waals surface area (Å²) in [4.78, 5) is 0. The van der Waals surface area contributed by atoms with Crippen LogP contribution in [0.25, 0.3) is 0 Å². The number of halogens is 4. The average molecular weight is 365 g/mol. The van der Waals surface area contributed by atoms with Crippen LogP contribution < -0.4 is 5.73 Å². The van der Waals surface area contributed by atoms with Crippen LogP contribution in [-0.2, 0) is 0 Å². The minimum Gasteiger partial charge on any atom is -0.319 e. The minimum atomic E-state index is -0.846. The molecule has 2 aromatic rings. The molecule has 0 spiro atoms. The lowest BCUT2D eigenvalue weighted by Crippen LogP contribution is -2.20. The van der Waals surface area contributed by atoms with Gasteiger partial charge in [0.05, 0.1) is 27.4 Å². The Morgan fingerprint density at radius 1 is 1.30 bits per heavy atom. The predicted molar refractivity (Wildman–Crippen MR) is 77.7 cm³/mol. The zero-order chi connectivity index (χ0) is 15.0. The Bertz CT molecular complexity index is 643. The Kier molecular flexibility index (Phi) is 4.46. The van der Waals surface area contributed by atoms with E-state index in [1.807, 2.05) is 13.8 Å². The van der Waals surface area contributed by atoms with Crippen molar-refractivity contribution in [3.63, 3.8) is 0 Å². The van der Waals surface area contributed by atoms with Crippen LogP contribution in [0.5, 0.6) is 0 Å². The molecule has 108 valence electrons. The van der Waals surface area contributed by atoms with E-state index in [1.54, 1.807) is 10.9 Å². The lowest BCUT2D eigenvalue weighted by Gasteiger charge is -2.18. The summed E-state index contributed by atoms with van der Waals surface area (Å²) < 4.78 is 29.8. The Morgan fingerprint density at radius 3 is 2.55 bits per heavy atom. The van der Waals surface area contributed by atoms with E-state index in [9.17, 15) is 8.78 Å². The first-order chi connectivity index (χ1) is 9.32. The summed E-state index contributed by atoms with van der Waals surface area (Å²) in [5, 5.41) is 3.91. The first-order valence-corrected chi connectivity index (χ1v) is 7.13. The van der Waals surface area contributed by atoms with Crippen molar-refractivity contribution in [2.45, 2.75) is 25.9 Å². The van der Waals surface area contributed by atoms with Crippen LogP contribution in [0.15, 0.2) is 22.8 Å². The third kappa shape index (κ3) is 2.73. The molecule has 1 unspecified atom stereocenters. The van der Waals surface area contributed by atoms with E-state index in [4.69, 9.17) is 17.3 Å². The molecule has 1 heterocycles. The molecule has 0 fully saturated rings. The Balaban J connectivity index is 2.54. The second-order valence-electron chi connectivity index (χ2n) is 4.68. The molecule has 1 aromatic heterocycles. The van der Waals surface area contributed by atoms with Gasteiger partial charge in [0.25, 0.3) is 0 Å². The zero-order valence-electron chi connectivity index (χ0n) is 10.9. The molecule has 0 bridgehead atoms. The van der Waals surface area contributed by atoms with Crippen molar-refractivity contribution in [2.75, 3.05) is 0 Å². The number of hydrogen-bond donors (Lipinski definition) is 1. The van der Waals surface area contributed by atoms with Gasteiger partial charge < -0.3 is 5.73 Å². The van der Waals surface area contributed by atoms with Gasteiger partial charge in [0, 0.05) is 11.6 Å². The van der Waals surface area contributed by atoms with E-state index < -0.39 is 17.7 Å². The molecule has 1 atom stereocenters. The van der Waals surface area contributed by atoms with Gasteiger partial charge >= 0.3 is 0 Å². The Labute approximate surface area is 128 Å². The summed E-state index contributed by atoms with van der Waals surface area (Å²) in [7, 11) is 0. The van der Waals surface area contributed by atoms with Gasteiger partial charge in [0.1, 0.15) is 11.6 Å². The second-order valence-corrected chi connectivity index (χ2v) is 5.94. The molecular formula is C13H13BrClF2N3. The third-order valence-corrected chi connectivity index (χ3v) is 3.85. The number of nitrogens with two attached hydrogens (primary N) is 1. The standard InChI is InChI=1S/C13H13BrClF2N3/c1-6(2)20-13(8(14)5-19-20)12(18)7-3-11(17)9(15)4-10(7)16/h3-6,12H,18H2,1-2H3. The second kappa shape index (κ2) is 5.79. The van der Waals surface area contributed by atoms with Gasteiger partial charge in [-0.25, -0.2) is 8.78 Å². The zero-order valence-corrected chi connectivity index (χ0v) is 13.2. The molecular weight excluding hydrogens is 352 g/mol. The maximum Gasteiger partial charge on any atom is 0.142 e. The minimum absolute atomic E-state index is 0.0370. The first kappa shape index (κ1) is 15.4. The molecule has 2 N–H and O–H groups in total. The number of hydrogen-bond acceptors (Lipinski definition) is 2. The van der Waals surface area contributed by atoms with Crippen molar-refractivity contribution in [3.8, 4) is 0 Å². The topological polar surface area (TPSA) is 43.8 Å². The monoisotopic (exact) mass is 363 g/mol. The summed E-state index contributed by atoms with van der Waals surface area (Å²) >= 11 is 8.88. The molecule has 20 heavy (non-hydrogen) atoms. The highest BCUT2D eigenvalue weighted by molar-refractivity contribution is 9.10. The molecule has 0 amide bonds. The Morgan fingerprint density at radius 2 is 1.95 bits per heavy atom. The van der Waals surface area contributed by atoms with E-state index in [2.05, 4.69) is 21.0 Å². The normalized spacial score (nSPS) is 13.0. The number of rotatable bonds is 3. The van der Waals surface area contributed by atoms with Gasteiger partial charge in [-0.15, -0.1) is 0 Å². The van der Waals surface area contributed by atoms with Gasteiger partial charge in [-0.1, -0.05) is 11.6 Å². The number of benzene rings is 1. The largest absolute Gasteiger partial charge is 0.319 e. The summed E-state index contributed by atoms with van der Waals surface area (Å²) in [6, 6.07) is 1.14. The molecule has 0 aliphatic carbocycles. The third-order valence-electron chi connectivity index (χ3n) is 2.95. The van der Waals surface area contributed by atoms with E-state index in [0.717, 1.165) is 12.1 Å². The van der Waals surface area contributed by atoms with Crippen LogP contribution in [0, 0.1) is 11.6 Å². The fourth-order valence-electron chi connectivity index (χ4n) is 1.98. The summed E-state index contributed by atoms with van der Waals surface area (Å²) in [6.07, 6.45) is 1.58. The lowest BCUT2D eigenvalue weighted by atomic mass is 10.0. The smallest absolute Gasteiger partial charge is 0.142 e. The molecule has 0 radical (unpaired) electrons. The first-order valence-electron chi connectivity index (χ1n) is 5.95. The van der Waals surface area contributed by atoms with E-state index in [-0.39, 0.29) is 16.6 Å². The summed E-state index contributed by atoms with van der Waals surface area (Å²) in [5.41, 5.74) is 6.70. The SMILES string of the molecule is CC(C)n1ncc(Br)c1C(N)c1cc(F)c(Cl)cc1F. The van der Waals surface area contributed by atoms with Crippen molar-refractivity contribution >= 4 is 27.5 Å². The van der Waals surface area contributed by atoms with Gasteiger partial charge in [0.2, 0.25) is 0 Å². The van der Waals surface area contributed by atoms with Crippen molar-refractivity contribution in [2.24, 2.45) is 5.73 Å². The summed E-state index contributed by atoms with van der Waals surface area (Å²) in [6.45, 7) is 3.85. The molecule has 2 rings (SSSR count). The van der Waals surface area contributed by atoms with Crippen LogP contribution in [0.1, 0.15) is 37.2 Å². The number of aromatic nitrogens is 2.